The van der Waals surface area contributed by atoms with E-state index in [4.69, 9.17) is 16.6 Å². The first-order valence-electron chi connectivity index (χ1n) is 11.2. The predicted octanol–water partition coefficient (Wildman–Crippen LogP) is 5.64. The second kappa shape index (κ2) is 8.60. The number of nitrogens with one attached hydrogen (secondary N) is 1. The number of hydrogen-bond acceptors (Lipinski definition) is 4. The Kier molecular flexibility index (Phi) is 5.68. The number of nitrogens with zero attached hydrogens (tertiary/aromatic N) is 3. The van der Waals surface area contributed by atoms with Crippen LogP contribution in [-0.4, -0.2) is 29.6 Å². The van der Waals surface area contributed by atoms with Crippen LogP contribution < -0.4 is 10.2 Å². The van der Waals surface area contributed by atoms with Crippen LogP contribution >= 0.6 is 11.6 Å². The Labute approximate surface area is 189 Å². The lowest BCUT2D eigenvalue weighted by atomic mass is 9.92. The summed E-state index contributed by atoms with van der Waals surface area (Å²) in [6.45, 7) is 3.29. The highest BCUT2D eigenvalue weighted by molar-refractivity contribution is 6.30. The molecule has 0 bridgehead atoms. The quantitative estimate of drug-likeness (QED) is 0.566. The van der Waals surface area contributed by atoms with Gasteiger partial charge in [0.05, 0.1) is 0 Å². The average Bonchev–Trinajstić information content (AvgIpc) is 3.42. The van der Waals surface area contributed by atoms with Gasteiger partial charge in [0.2, 0.25) is 0 Å². The van der Waals surface area contributed by atoms with Crippen molar-refractivity contribution in [1.29, 1.82) is 0 Å². The monoisotopic (exact) mass is 432 g/mol. The number of aromatic nitrogens is 2. The zero-order valence-corrected chi connectivity index (χ0v) is 18.9. The van der Waals surface area contributed by atoms with Crippen molar-refractivity contribution in [3.05, 3.63) is 82.3 Å². The van der Waals surface area contributed by atoms with E-state index in [1.54, 1.807) is 6.33 Å². The molecule has 0 saturated carbocycles. The summed E-state index contributed by atoms with van der Waals surface area (Å²) in [5.74, 6) is 2.06. The number of hydrogen-bond donors (Lipinski definition) is 1. The molecule has 160 valence electrons. The summed E-state index contributed by atoms with van der Waals surface area (Å²) < 4.78 is 0. The van der Waals surface area contributed by atoms with Crippen LogP contribution in [0.3, 0.4) is 0 Å². The molecular formula is C26H29ClN4. The smallest absolute Gasteiger partial charge is 0.139 e. The van der Waals surface area contributed by atoms with Crippen molar-refractivity contribution in [3.8, 4) is 0 Å². The average molecular weight is 433 g/mol. The number of anilines is 2. The lowest BCUT2D eigenvalue weighted by Gasteiger charge is -2.26. The molecule has 4 nitrogen and oxygen atoms in total. The third-order valence-electron chi connectivity index (χ3n) is 6.93. The van der Waals surface area contributed by atoms with Crippen LogP contribution in [-0.2, 0) is 12.8 Å². The summed E-state index contributed by atoms with van der Waals surface area (Å²) in [6, 6.07) is 17.5. The number of para-hydroxylation sites is 1. The molecule has 2 aromatic carbocycles. The topological polar surface area (TPSA) is 41.1 Å². The molecule has 5 heteroatoms. The summed E-state index contributed by atoms with van der Waals surface area (Å²) in [5.41, 5.74) is 6.52. The number of aryl methyl sites for hydroxylation is 1. The highest BCUT2D eigenvalue weighted by Crippen LogP contribution is 2.41. The van der Waals surface area contributed by atoms with Crippen LogP contribution in [0, 0.1) is 0 Å². The second-order valence-corrected chi connectivity index (χ2v) is 9.42. The van der Waals surface area contributed by atoms with Gasteiger partial charge in [-0.2, -0.15) is 0 Å². The molecule has 1 aliphatic heterocycles. The summed E-state index contributed by atoms with van der Waals surface area (Å²) in [7, 11) is 2.15. The lowest BCUT2D eigenvalue weighted by molar-refractivity contribution is 0.598. The van der Waals surface area contributed by atoms with E-state index in [9.17, 15) is 0 Å². The molecule has 1 aliphatic carbocycles. The lowest BCUT2D eigenvalue weighted by Crippen LogP contribution is -2.23. The van der Waals surface area contributed by atoms with Gasteiger partial charge in [-0.3, -0.25) is 0 Å². The molecule has 3 unspecified atom stereocenters. The SMILES string of the molecule is CC1CCc2ncnc(N(C)c3ccccc3C3CNC(Cc4ccc(Cl)cc4)C3)c21. The third kappa shape index (κ3) is 4.07. The highest BCUT2D eigenvalue weighted by Gasteiger charge is 2.30. The molecule has 1 N–H and O–H groups in total. The van der Waals surface area contributed by atoms with Gasteiger partial charge in [-0.15, -0.1) is 0 Å². The fraction of sp³-hybridized carbons (Fsp3) is 0.385. The molecule has 0 radical (unpaired) electrons. The van der Waals surface area contributed by atoms with E-state index in [2.05, 4.69) is 65.6 Å². The van der Waals surface area contributed by atoms with Gasteiger partial charge in [0, 0.05) is 41.6 Å². The zero-order valence-electron chi connectivity index (χ0n) is 18.2. The first-order chi connectivity index (χ1) is 15.1. The Morgan fingerprint density at radius 2 is 1.90 bits per heavy atom. The van der Waals surface area contributed by atoms with Gasteiger partial charge in [-0.05, 0) is 66.8 Å². The Morgan fingerprint density at radius 1 is 1.10 bits per heavy atom. The van der Waals surface area contributed by atoms with Crippen LogP contribution in [0.4, 0.5) is 11.5 Å². The molecule has 31 heavy (non-hydrogen) atoms. The van der Waals surface area contributed by atoms with Crippen LogP contribution in [0.1, 0.15) is 54.0 Å². The fourth-order valence-electron chi connectivity index (χ4n) is 5.26. The predicted molar refractivity (Wildman–Crippen MR) is 128 cm³/mol. The van der Waals surface area contributed by atoms with E-state index >= 15 is 0 Å². The number of rotatable bonds is 5. The summed E-state index contributed by atoms with van der Waals surface area (Å²) in [6.07, 6.45) is 6.11. The minimum atomic E-state index is 0.479. The molecular weight excluding hydrogens is 404 g/mol. The first-order valence-corrected chi connectivity index (χ1v) is 11.6. The van der Waals surface area contributed by atoms with Crippen molar-refractivity contribution in [2.75, 3.05) is 18.5 Å². The standard InChI is InChI=1S/C26H29ClN4/c1-17-7-12-23-25(17)26(30-16-29-23)31(2)24-6-4-3-5-22(24)19-14-21(28-15-19)13-18-8-10-20(27)11-9-18/h3-6,8-11,16-17,19,21,28H,7,12-15H2,1-2H3. The maximum absolute atomic E-state index is 6.04. The Hall–Kier alpha value is -2.43. The Balaban J connectivity index is 1.38. The van der Waals surface area contributed by atoms with Gasteiger partial charge in [-0.25, -0.2) is 9.97 Å². The largest absolute Gasteiger partial charge is 0.329 e. The molecule has 0 amide bonds. The van der Waals surface area contributed by atoms with Crippen LogP contribution in [0.15, 0.2) is 54.9 Å². The summed E-state index contributed by atoms with van der Waals surface area (Å²) >= 11 is 6.04. The van der Waals surface area contributed by atoms with E-state index in [-0.39, 0.29) is 0 Å². The van der Waals surface area contributed by atoms with E-state index in [1.807, 2.05) is 12.1 Å². The molecule has 5 rings (SSSR count). The number of benzene rings is 2. The van der Waals surface area contributed by atoms with Crippen LogP contribution in [0.2, 0.25) is 5.02 Å². The molecule has 2 heterocycles. The van der Waals surface area contributed by atoms with Gasteiger partial charge in [0.25, 0.3) is 0 Å². The Bertz CT molecular complexity index is 1070. The van der Waals surface area contributed by atoms with Crippen molar-refractivity contribution in [2.24, 2.45) is 0 Å². The molecule has 0 spiro atoms. The maximum Gasteiger partial charge on any atom is 0.139 e. The van der Waals surface area contributed by atoms with E-state index in [0.717, 1.165) is 43.1 Å². The van der Waals surface area contributed by atoms with Gasteiger partial charge >= 0.3 is 0 Å². The maximum atomic E-state index is 6.04. The van der Waals surface area contributed by atoms with Crippen molar-refractivity contribution in [2.45, 2.75) is 50.5 Å². The number of fused-ring (bicyclic) bond motifs is 1. The third-order valence-corrected chi connectivity index (χ3v) is 7.18. The van der Waals surface area contributed by atoms with Crippen LogP contribution in [0.5, 0.6) is 0 Å². The van der Waals surface area contributed by atoms with E-state index in [0.29, 0.717) is 17.9 Å². The minimum Gasteiger partial charge on any atom is -0.329 e. The van der Waals surface area contributed by atoms with E-state index < -0.39 is 0 Å². The minimum absolute atomic E-state index is 0.479. The van der Waals surface area contributed by atoms with Gasteiger partial charge in [-0.1, -0.05) is 48.9 Å². The first kappa shape index (κ1) is 20.5. The fourth-order valence-corrected chi connectivity index (χ4v) is 5.39. The van der Waals surface area contributed by atoms with Crippen molar-refractivity contribution in [1.82, 2.24) is 15.3 Å². The van der Waals surface area contributed by atoms with Gasteiger partial charge < -0.3 is 10.2 Å². The summed E-state index contributed by atoms with van der Waals surface area (Å²) in [4.78, 5) is 11.5. The summed E-state index contributed by atoms with van der Waals surface area (Å²) in [5, 5.41) is 4.54. The molecule has 3 aromatic rings. The molecule has 2 aliphatic rings. The number of halogens is 1. The normalized spacial score (nSPS) is 22.5. The van der Waals surface area contributed by atoms with E-state index in [1.165, 1.54) is 28.1 Å². The molecule has 1 fully saturated rings. The molecule has 3 atom stereocenters. The van der Waals surface area contributed by atoms with Crippen molar-refractivity contribution in [3.63, 3.8) is 0 Å². The zero-order chi connectivity index (χ0) is 21.4. The van der Waals surface area contributed by atoms with Gasteiger partial charge in [0.15, 0.2) is 0 Å². The van der Waals surface area contributed by atoms with Gasteiger partial charge in [0.1, 0.15) is 12.1 Å². The van der Waals surface area contributed by atoms with Crippen LogP contribution in [0.25, 0.3) is 0 Å². The molecule has 1 aromatic heterocycles. The van der Waals surface area contributed by atoms with Crippen molar-refractivity contribution < 1.29 is 0 Å². The highest BCUT2D eigenvalue weighted by atomic mass is 35.5. The molecule has 1 saturated heterocycles. The second-order valence-electron chi connectivity index (χ2n) is 8.98. The Morgan fingerprint density at radius 3 is 2.74 bits per heavy atom. The van der Waals surface area contributed by atoms with Crippen molar-refractivity contribution >= 4 is 23.1 Å².